The van der Waals surface area contributed by atoms with Gasteiger partial charge in [0.1, 0.15) is 5.82 Å². The molecule has 1 atom stereocenters. The van der Waals surface area contributed by atoms with E-state index in [4.69, 9.17) is 14.6 Å². The Balaban J connectivity index is 1.66. The number of hydrogen-bond donors (Lipinski definition) is 0. The van der Waals surface area contributed by atoms with Gasteiger partial charge in [0.05, 0.1) is 23.3 Å². The SMILES string of the molecule is CN(c1ccc2c(c1)nc(C(C)(C)C)n2CC1CCOCC1)S(=O)N1CCCO1. The van der Waals surface area contributed by atoms with Gasteiger partial charge in [0.15, 0.2) is 0 Å². The molecule has 2 aliphatic rings. The van der Waals surface area contributed by atoms with Crippen LogP contribution in [0.15, 0.2) is 18.2 Å². The van der Waals surface area contributed by atoms with E-state index in [0.29, 0.717) is 19.1 Å². The summed E-state index contributed by atoms with van der Waals surface area (Å²) in [5.41, 5.74) is 2.91. The molecule has 2 saturated heterocycles. The number of aromatic nitrogens is 2. The molecule has 2 fully saturated rings. The molecule has 3 heterocycles. The first kappa shape index (κ1) is 20.8. The van der Waals surface area contributed by atoms with Crippen molar-refractivity contribution >= 4 is 27.9 Å². The topological polar surface area (TPSA) is 59.8 Å². The second-order valence-electron chi connectivity index (χ2n) is 9.00. The third-order valence-corrected chi connectivity index (χ3v) is 6.99. The van der Waals surface area contributed by atoms with Gasteiger partial charge in [-0.05, 0) is 43.4 Å². The Morgan fingerprint density at radius 1 is 1.24 bits per heavy atom. The zero-order valence-corrected chi connectivity index (χ0v) is 18.7. The van der Waals surface area contributed by atoms with E-state index in [1.165, 1.54) is 0 Å². The van der Waals surface area contributed by atoms with Crippen molar-refractivity contribution in [3.05, 3.63) is 24.0 Å². The van der Waals surface area contributed by atoms with Crippen LogP contribution in [0.5, 0.6) is 0 Å². The molecule has 0 aliphatic carbocycles. The van der Waals surface area contributed by atoms with Crippen molar-refractivity contribution in [3.8, 4) is 0 Å². The standard InChI is InChI=1S/C21H32N4O3S/c1-21(2,3)20-22-18-14-17(23(4)29(26)25-10-5-11-28-25)6-7-19(18)24(20)15-16-8-12-27-13-9-16/h6-7,14,16H,5,8-13,15H2,1-4H3. The van der Waals surface area contributed by atoms with Gasteiger partial charge >= 0.3 is 0 Å². The number of hydrogen-bond acceptors (Lipinski definition) is 4. The summed E-state index contributed by atoms with van der Waals surface area (Å²) in [5.74, 6) is 1.72. The fourth-order valence-electron chi connectivity index (χ4n) is 4.03. The summed E-state index contributed by atoms with van der Waals surface area (Å²) in [6.45, 7) is 10.6. The van der Waals surface area contributed by atoms with Crippen molar-refractivity contribution in [1.29, 1.82) is 0 Å². The Morgan fingerprint density at radius 3 is 2.66 bits per heavy atom. The van der Waals surface area contributed by atoms with Gasteiger partial charge in [-0.2, -0.15) is 0 Å². The number of rotatable bonds is 5. The second kappa shape index (κ2) is 8.34. The van der Waals surface area contributed by atoms with Gasteiger partial charge in [-0.1, -0.05) is 25.2 Å². The maximum absolute atomic E-state index is 12.8. The first-order valence-corrected chi connectivity index (χ1v) is 11.6. The minimum atomic E-state index is -1.36. The van der Waals surface area contributed by atoms with Crippen molar-refractivity contribution in [2.75, 3.05) is 37.7 Å². The summed E-state index contributed by atoms with van der Waals surface area (Å²) in [6, 6.07) is 6.19. The third kappa shape index (κ3) is 4.35. The van der Waals surface area contributed by atoms with Gasteiger partial charge in [-0.15, -0.1) is 0 Å². The third-order valence-electron chi connectivity index (χ3n) is 5.68. The molecule has 0 spiro atoms. The van der Waals surface area contributed by atoms with E-state index in [0.717, 1.165) is 61.6 Å². The van der Waals surface area contributed by atoms with E-state index >= 15 is 0 Å². The molecule has 0 radical (unpaired) electrons. The van der Waals surface area contributed by atoms with Crippen molar-refractivity contribution in [2.24, 2.45) is 5.92 Å². The number of benzene rings is 1. The smallest absolute Gasteiger partial charge is 0.223 e. The molecule has 0 N–H and O–H groups in total. The molecule has 0 bridgehead atoms. The number of ether oxygens (including phenoxy) is 1. The lowest BCUT2D eigenvalue weighted by atomic mass is 9.94. The maximum atomic E-state index is 12.8. The average molecular weight is 421 g/mol. The van der Waals surface area contributed by atoms with E-state index < -0.39 is 11.2 Å². The lowest BCUT2D eigenvalue weighted by Crippen LogP contribution is -2.33. The Hall–Kier alpha value is -1.48. The molecule has 29 heavy (non-hydrogen) atoms. The summed E-state index contributed by atoms with van der Waals surface area (Å²) in [7, 11) is 1.84. The first-order chi connectivity index (χ1) is 13.8. The van der Waals surface area contributed by atoms with Gasteiger partial charge in [0.25, 0.3) is 0 Å². The molecule has 4 rings (SSSR count). The van der Waals surface area contributed by atoms with Crippen molar-refractivity contribution in [2.45, 2.75) is 52.0 Å². The fraction of sp³-hybridized carbons (Fsp3) is 0.667. The van der Waals surface area contributed by atoms with E-state index in [-0.39, 0.29) is 5.41 Å². The Labute approximate surface area is 175 Å². The van der Waals surface area contributed by atoms with Gasteiger partial charge < -0.3 is 9.30 Å². The lowest BCUT2D eigenvalue weighted by molar-refractivity contribution is -0.0233. The fourth-order valence-corrected chi connectivity index (χ4v) is 5.05. The first-order valence-electron chi connectivity index (χ1n) is 10.5. The monoisotopic (exact) mass is 420 g/mol. The number of anilines is 1. The second-order valence-corrected chi connectivity index (χ2v) is 10.4. The number of imidazole rings is 1. The zero-order chi connectivity index (χ0) is 20.6. The molecule has 2 aliphatic heterocycles. The molecule has 8 heteroatoms. The van der Waals surface area contributed by atoms with E-state index in [9.17, 15) is 4.21 Å². The molecular formula is C21H32N4O3S. The molecule has 160 valence electrons. The Morgan fingerprint density at radius 2 is 2.00 bits per heavy atom. The van der Waals surface area contributed by atoms with Gasteiger partial charge in [-0.3, -0.25) is 9.14 Å². The van der Waals surface area contributed by atoms with E-state index in [2.05, 4.69) is 31.4 Å². The van der Waals surface area contributed by atoms with Crippen LogP contribution < -0.4 is 4.31 Å². The van der Waals surface area contributed by atoms with Crippen LogP contribution in [-0.4, -0.2) is 51.6 Å². The van der Waals surface area contributed by atoms with Crippen LogP contribution in [0, 0.1) is 5.92 Å². The number of fused-ring (bicyclic) bond motifs is 1. The van der Waals surface area contributed by atoms with Crippen LogP contribution in [0.1, 0.15) is 45.9 Å². The predicted octanol–water partition coefficient (Wildman–Crippen LogP) is 3.41. The average Bonchev–Trinajstić information content (AvgIpc) is 3.35. The van der Waals surface area contributed by atoms with E-state index in [1.807, 2.05) is 19.2 Å². The molecule has 1 aromatic carbocycles. The molecule has 1 unspecified atom stereocenters. The van der Waals surface area contributed by atoms with Crippen LogP contribution in [0.2, 0.25) is 0 Å². The summed E-state index contributed by atoms with van der Waals surface area (Å²) in [4.78, 5) is 10.5. The minimum absolute atomic E-state index is 0.0531. The van der Waals surface area contributed by atoms with Crippen molar-refractivity contribution in [1.82, 2.24) is 14.0 Å². The summed E-state index contributed by atoms with van der Waals surface area (Å²) in [6.07, 6.45) is 3.10. The van der Waals surface area contributed by atoms with Gasteiger partial charge in [0.2, 0.25) is 11.2 Å². The normalized spacial score (nSPS) is 20.4. The highest BCUT2D eigenvalue weighted by molar-refractivity contribution is 7.83. The van der Waals surface area contributed by atoms with Gasteiger partial charge in [0, 0.05) is 38.8 Å². The van der Waals surface area contributed by atoms with Crippen LogP contribution in [0.3, 0.4) is 0 Å². The quantitative estimate of drug-likeness (QED) is 0.744. The molecule has 0 amide bonds. The Kier molecular flexibility index (Phi) is 5.97. The number of nitrogens with zero attached hydrogens (tertiary/aromatic N) is 4. The van der Waals surface area contributed by atoms with Crippen LogP contribution in [0.4, 0.5) is 5.69 Å². The highest BCUT2D eigenvalue weighted by atomic mass is 32.2. The molecular weight excluding hydrogens is 388 g/mol. The van der Waals surface area contributed by atoms with Crippen molar-refractivity contribution < 1.29 is 13.8 Å². The molecule has 7 nitrogen and oxygen atoms in total. The molecule has 0 saturated carbocycles. The van der Waals surface area contributed by atoms with Crippen molar-refractivity contribution in [3.63, 3.8) is 0 Å². The Bertz CT molecular complexity index is 880. The summed E-state index contributed by atoms with van der Waals surface area (Å²) >= 11 is -1.36. The van der Waals surface area contributed by atoms with Crippen LogP contribution >= 0.6 is 0 Å². The van der Waals surface area contributed by atoms with Crippen LogP contribution in [0.25, 0.3) is 11.0 Å². The van der Waals surface area contributed by atoms with E-state index in [1.54, 1.807) is 8.77 Å². The highest BCUT2D eigenvalue weighted by Crippen LogP contribution is 2.31. The lowest BCUT2D eigenvalue weighted by Gasteiger charge is -2.26. The van der Waals surface area contributed by atoms with Gasteiger partial charge in [-0.25, -0.2) is 9.19 Å². The molecule has 1 aromatic heterocycles. The summed E-state index contributed by atoms with van der Waals surface area (Å²) in [5, 5.41) is 0. The summed E-state index contributed by atoms with van der Waals surface area (Å²) < 4.78 is 24.0. The predicted molar refractivity (Wildman–Crippen MR) is 116 cm³/mol. The van der Waals surface area contributed by atoms with Crippen LogP contribution in [-0.2, 0) is 32.7 Å². The number of hydroxylamine groups is 1. The largest absolute Gasteiger partial charge is 0.381 e. The maximum Gasteiger partial charge on any atom is 0.223 e. The zero-order valence-electron chi connectivity index (χ0n) is 17.9. The molecule has 2 aromatic rings. The minimum Gasteiger partial charge on any atom is -0.381 e. The highest BCUT2D eigenvalue weighted by Gasteiger charge is 2.27.